The Hall–Kier alpha value is -3.01. The first-order chi connectivity index (χ1) is 11.5. The molecule has 2 N–H and O–H groups in total. The van der Waals surface area contributed by atoms with Gasteiger partial charge in [-0.3, -0.25) is 5.32 Å². The number of thiazole rings is 1. The number of benzene rings is 1. The van der Waals surface area contributed by atoms with Crippen LogP contribution in [-0.2, 0) is 21.0 Å². The molecule has 1 aromatic carbocycles. The van der Waals surface area contributed by atoms with E-state index in [1.807, 2.05) is 6.07 Å². The van der Waals surface area contributed by atoms with E-state index >= 15 is 0 Å². The number of aliphatic carboxylic acids is 1. The first-order valence-corrected chi connectivity index (χ1v) is 7.31. The Bertz CT molecular complexity index is 763. The Morgan fingerprint density at radius 1 is 1.38 bits per heavy atom. The van der Waals surface area contributed by atoms with Crippen molar-refractivity contribution in [2.24, 2.45) is 5.16 Å². The minimum absolute atomic E-state index is 0.0267. The largest absolute Gasteiger partial charge is 0.476 e. The second-order valence-corrected chi connectivity index (χ2v) is 5.20. The molecule has 0 aliphatic rings. The maximum absolute atomic E-state index is 13.8. The van der Waals surface area contributed by atoms with Crippen LogP contribution in [0.5, 0.6) is 0 Å². The van der Waals surface area contributed by atoms with E-state index in [1.54, 1.807) is 24.3 Å². The van der Waals surface area contributed by atoms with Crippen LogP contribution in [0.25, 0.3) is 0 Å². The molecule has 1 heterocycles. The minimum Gasteiger partial charge on any atom is -0.476 e. The number of halogens is 1. The van der Waals surface area contributed by atoms with Gasteiger partial charge in [0.15, 0.2) is 5.13 Å². The monoisotopic (exact) mass is 353 g/mol. The van der Waals surface area contributed by atoms with Crippen molar-refractivity contribution in [2.45, 2.75) is 6.61 Å². The van der Waals surface area contributed by atoms with Crippen LogP contribution in [0.1, 0.15) is 11.3 Å². The van der Waals surface area contributed by atoms with E-state index < -0.39 is 28.6 Å². The van der Waals surface area contributed by atoms with Crippen molar-refractivity contribution in [1.29, 1.82) is 0 Å². The number of carboxylic acids is 1. The lowest BCUT2D eigenvalue weighted by atomic mass is 10.2. The summed E-state index contributed by atoms with van der Waals surface area (Å²) in [5.41, 5.74) is -0.469. The first kappa shape index (κ1) is 17.3. The molecular weight excluding hydrogens is 341 g/mol. The fraction of sp³-hybridized carbons (Fsp3) is 0.143. The van der Waals surface area contributed by atoms with Gasteiger partial charge in [0.25, 0.3) is 0 Å². The number of ether oxygens (including phenoxy) is 1. The molecule has 0 bridgehead atoms. The average molecular weight is 353 g/mol. The molecule has 24 heavy (non-hydrogen) atoms. The van der Waals surface area contributed by atoms with E-state index in [0.717, 1.165) is 12.7 Å². The molecule has 0 aliphatic carbocycles. The van der Waals surface area contributed by atoms with Crippen LogP contribution in [0.4, 0.5) is 14.3 Å². The molecule has 0 radical (unpaired) electrons. The second-order valence-electron chi connectivity index (χ2n) is 4.26. The Morgan fingerprint density at radius 3 is 2.71 bits per heavy atom. The molecule has 1 amide bonds. The van der Waals surface area contributed by atoms with Crippen molar-refractivity contribution in [2.75, 3.05) is 12.4 Å². The molecule has 0 aliphatic heterocycles. The molecule has 10 heteroatoms. The summed E-state index contributed by atoms with van der Waals surface area (Å²) < 4.78 is 18.8. The fourth-order valence-corrected chi connectivity index (χ4v) is 2.30. The summed E-state index contributed by atoms with van der Waals surface area (Å²) in [6.45, 7) is 0.0267. The molecule has 0 spiro atoms. The molecule has 0 saturated heterocycles. The van der Waals surface area contributed by atoms with E-state index in [9.17, 15) is 14.0 Å². The lowest BCUT2D eigenvalue weighted by molar-refractivity contribution is -0.129. The van der Waals surface area contributed by atoms with Crippen molar-refractivity contribution in [3.63, 3.8) is 0 Å². The van der Waals surface area contributed by atoms with E-state index in [0.29, 0.717) is 11.3 Å². The average Bonchev–Trinajstić information content (AvgIpc) is 2.91. The number of rotatable bonds is 6. The van der Waals surface area contributed by atoms with Crippen LogP contribution in [-0.4, -0.2) is 35.0 Å². The molecule has 8 nitrogen and oxygen atoms in total. The van der Waals surface area contributed by atoms with E-state index in [-0.39, 0.29) is 11.7 Å². The highest BCUT2D eigenvalue weighted by Crippen LogP contribution is 2.22. The summed E-state index contributed by atoms with van der Waals surface area (Å²) >= 11 is 0.447. The summed E-state index contributed by atoms with van der Waals surface area (Å²) in [6.07, 6.45) is -0.847. The normalized spacial score (nSPS) is 11.0. The Labute approximate surface area is 139 Å². The van der Waals surface area contributed by atoms with E-state index in [2.05, 4.69) is 20.3 Å². The van der Waals surface area contributed by atoms with Crippen molar-refractivity contribution < 1.29 is 28.7 Å². The molecule has 0 atom stereocenters. The van der Waals surface area contributed by atoms with Gasteiger partial charge >= 0.3 is 12.1 Å². The van der Waals surface area contributed by atoms with Gasteiger partial charge in [-0.1, -0.05) is 46.8 Å². The number of amides is 1. The molecule has 0 unspecified atom stereocenters. The van der Waals surface area contributed by atoms with Crippen molar-refractivity contribution in [3.8, 4) is 0 Å². The Kier molecular flexibility index (Phi) is 5.79. The number of carbonyl (C=O) groups is 2. The number of hydrogen-bond donors (Lipinski definition) is 2. The summed E-state index contributed by atoms with van der Waals surface area (Å²) in [6, 6.07) is 8.96. The molecule has 0 fully saturated rings. The van der Waals surface area contributed by atoms with Gasteiger partial charge in [0.1, 0.15) is 19.4 Å². The number of aromatic nitrogens is 1. The van der Waals surface area contributed by atoms with Crippen molar-refractivity contribution in [1.82, 2.24) is 4.98 Å². The van der Waals surface area contributed by atoms with E-state index in [1.165, 1.54) is 0 Å². The van der Waals surface area contributed by atoms with Gasteiger partial charge < -0.3 is 14.7 Å². The molecule has 0 saturated carbocycles. The highest BCUT2D eigenvalue weighted by atomic mass is 32.1. The van der Waals surface area contributed by atoms with Gasteiger partial charge in [0.2, 0.25) is 10.8 Å². The zero-order chi connectivity index (χ0) is 17.5. The number of nitrogens with zero attached hydrogens (tertiary/aromatic N) is 2. The van der Waals surface area contributed by atoms with Gasteiger partial charge in [-0.2, -0.15) is 4.39 Å². The second kappa shape index (κ2) is 8.02. The van der Waals surface area contributed by atoms with Crippen LogP contribution in [0.2, 0.25) is 0 Å². The summed E-state index contributed by atoms with van der Waals surface area (Å²) in [5, 5.41) is 13.3. The van der Waals surface area contributed by atoms with Gasteiger partial charge in [-0.25, -0.2) is 14.6 Å². The SMILES string of the molecule is CO/N=C(\C(=O)O)c1nc(NC(=O)OCc2ccccc2)sc1F. The highest BCUT2D eigenvalue weighted by molar-refractivity contribution is 7.14. The third-order valence-electron chi connectivity index (χ3n) is 2.62. The number of carboxylic acid groups (broad SMARTS) is 1. The van der Waals surface area contributed by atoms with Crippen LogP contribution in [0.15, 0.2) is 35.5 Å². The molecule has 2 aromatic rings. The number of anilines is 1. The van der Waals surface area contributed by atoms with Gasteiger partial charge in [0, 0.05) is 0 Å². The molecule has 126 valence electrons. The predicted octanol–water partition coefficient (Wildman–Crippen LogP) is 2.47. The maximum Gasteiger partial charge on any atom is 0.413 e. The van der Waals surface area contributed by atoms with Crippen LogP contribution in [0, 0.1) is 5.13 Å². The summed E-state index contributed by atoms with van der Waals surface area (Å²) in [4.78, 5) is 30.7. The van der Waals surface area contributed by atoms with Gasteiger partial charge in [-0.15, -0.1) is 0 Å². The van der Waals surface area contributed by atoms with Gasteiger partial charge in [0.05, 0.1) is 0 Å². The predicted molar refractivity (Wildman–Crippen MR) is 83.5 cm³/mol. The Morgan fingerprint density at radius 2 is 2.08 bits per heavy atom. The topological polar surface area (TPSA) is 110 Å². The minimum atomic E-state index is -1.51. The number of carbonyl (C=O) groups excluding carboxylic acids is 1. The summed E-state index contributed by atoms with van der Waals surface area (Å²) in [7, 11) is 1.12. The first-order valence-electron chi connectivity index (χ1n) is 6.50. The fourth-order valence-electron chi connectivity index (χ4n) is 1.62. The van der Waals surface area contributed by atoms with Crippen LogP contribution < -0.4 is 5.32 Å². The van der Waals surface area contributed by atoms with Crippen LogP contribution >= 0.6 is 11.3 Å². The lowest BCUT2D eigenvalue weighted by Crippen LogP contribution is -2.17. The zero-order valence-electron chi connectivity index (χ0n) is 12.4. The molecule has 2 rings (SSSR count). The van der Waals surface area contributed by atoms with Crippen molar-refractivity contribution in [3.05, 3.63) is 46.7 Å². The smallest absolute Gasteiger partial charge is 0.413 e. The quantitative estimate of drug-likeness (QED) is 0.610. The molecule has 1 aromatic heterocycles. The summed E-state index contributed by atoms with van der Waals surface area (Å²) in [5.74, 6) is -1.51. The van der Waals surface area contributed by atoms with Crippen molar-refractivity contribution >= 4 is 34.2 Å². The standard InChI is InChI=1S/C14H12FN3O5S/c1-22-18-10(12(19)20)9-11(15)24-13(16-9)17-14(21)23-7-8-5-3-2-4-6-8/h2-6H,7H2,1H3,(H,19,20)(H,16,17,21)/b18-10-. The third-order valence-corrected chi connectivity index (χ3v) is 3.38. The maximum atomic E-state index is 13.8. The molecular formula is C14H12FN3O5S. The lowest BCUT2D eigenvalue weighted by Gasteiger charge is -2.04. The van der Waals surface area contributed by atoms with E-state index in [4.69, 9.17) is 9.84 Å². The number of oxime groups is 1. The van der Waals surface area contributed by atoms with Crippen LogP contribution in [0.3, 0.4) is 0 Å². The third kappa shape index (κ3) is 4.49. The Balaban J connectivity index is 2.03. The van der Waals surface area contributed by atoms with Gasteiger partial charge in [-0.05, 0) is 5.56 Å². The highest BCUT2D eigenvalue weighted by Gasteiger charge is 2.24. The zero-order valence-corrected chi connectivity index (χ0v) is 13.2. The number of nitrogens with one attached hydrogen (secondary N) is 1. The number of hydrogen-bond acceptors (Lipinski definition) is 7.